The number of hydrogen-bond acceptors (Lipinski definition) is 2. The van der Waals surface area contributed by atoms with E-state index in [0.29, 0.717) is 23.8 Å². The molecule has 2 aliphatic heterocycles. The van der Waals surface area contributed by atoms with Crippen LogP contribution >= 0.6 is 0 Å². The molecule has 2 heterocycles. The molecular weight excluding hydrogens is 277 g/mol. The van der Waals surface area contributed by atoms with Crippen molar-refractivity contribution in [2.75, 3.05) is 24.5 Å². The Balaban J connectivity index is 1.84. The maximum absolute atomic E-state index is 12.9. The fraction of sp³-hybridized carbons (Fsp3) is 0.500. The number of nitrogens with zero attached hydrogens (tertiary/aromatic N) is 2. The van der Waals surface area contributed by atoms with Gasteiger partial charge in [0.1, 0.15) is 0 Å². The molecule has 112 valence electrons. The van der Waals surface area contributed by atoms with Crippen molar-refractivity contribution in [2.45, 2.75) is 31.6 Å². The Hall–Kier alpha value is -1.67. The predicted octanol–water partition coefficient (Wildman–Crippen LogP) is 2.91. The minimum Gasteiger partial charge on any atom is -0.366 e. The molecular formula is C16H17F3N2. The molecule has 2 unspecified atom stereocenters. The van der Waals surface area contributed by atoms with Gasteiger partial charge in [0.2, 0.25) is 0 Å². The molecule has 2 fully saturated rings. The molecule has 2 saturated heterocycles. The number of anilines is 1. The number of hydrogen-bond donors (Lipinski definition) is 0. The minimum atomic E-state index is -4.30. The average Bonchev–Trinajstić information content (AvgIpc) is 2.97. The molecule has 0 radical (unpaired) electrons. The fourth-order valence-corrected chi connectivity index (χ4v) is 3.47. The van der Waals surface area contributed by atoms with E-state index in [1.54, 1.807) is 6.92 Å². The zero-order chi connectivity index (χ0) is 15.2. The molecule has 2 bridgehead atoms. The lowest BCUT2D eigenvalue weighted by Crippen LogP contribution is -2.46. The fourth-order valence-electron chi connectivity index (χ4n) is 3.47. The van der Waals surface area contributed by atoms with Crippen molar-refractivity contribution in [3.8, 4) is 12.3 Å². The van der Waals surface area contributed by atoms with Gasteiger partial charge in [-0.1, -0.05) is 5.92 Å². The zero-order valence-electron chi connectivity index (χ0n) is 11.8. The number of piperazine rings is 1. The Morgan fingerprint density at radius 3 is 2.57 bits per heavy atom. The molecule has 1 aromatic rings. The van der Waals surface area contributed by atoms with Gasteiger partial charge in [-0.25, -0.2) is 0 Å². The van der Waals surface area contributed by atoms with Gasteiger partial charge in [-0.15, -0.1) is 6.42 Å². The third kappa shape index (κ3) is 2.60. The van der Waals surface area contributed by atoms with Crippen LogP contribution in [0.25, 0.3) is 0 Å². The van der Waals surface area contributed by atoms with Crippen molar-refractivity contribution >= 4 is 5.69 Å². The van der Waals surface area contributed by atoms with Gasteiger partial charge in [-0.2, -0.15) is 13.2 Å². The van der Waals surface area contributed by atoms with Gasteiger partial charge >= 0.3 is 6.18 Å². The molecule has 0 saturated carbocycles. The highest BCUT2D eigenvalue weighted by atomic mass is 19.4. The van der Waals surface area contributed by atoms with E-state index in [9.17, 15) is 13.2 Å². The van der Waals surface area contributed by atoms with E-state index < -0.39 is 11.7 Å². The quantitative estimate of drug-likeness (QED) is 0.774. The van der Waals surface area contributed by atoms with Gasteiger partial charge in [-0.3, -0.25) is 4.90 Å². The largest absolute Gasteiger partial charge is 0.416 e. The molecule has 3 rings (SSSR count). The zero-order valence-corrected chi connectivity index (χ0v) is 11.8. The van der Waals surface area contributed by atoms with E-state index in [-0.39, 0.29) is 6.04 Å². The topological polar surface area (TPSA) is 6.48 Å². The number of alkyl halides is 3. The number of rotatable bonds is 2. The average molecular weight is 294 g/mol. The molecule has 2 atom stereocenters. The summed E-state index contributed by atoms with van der Waals surface area (Å²) in [5.41, 5.74) is 0.749. The minimum absolute atomic E-state index is 0.270. The third-order valence-corrected chi connectivity index (χ3v) is 4.37. The van der Waals surface area contributed by atoms with E-state index in [0.717, 1.165) is 19.5 Å². The highest BCUT2D eigenvalue weighted by Gasteiger charge is 2.43. The van der Waals surface area contributed by atoms with Crippen LogP contribution in [0.15, 0.2) is 18.2 Å². The number of terminal acetylenes is 1. The van der Waals surface area contributed by atoms with Crippen molar-refractivity contribution in [3.63, 3.8) is 0 Å². The molecule has 2 nitrogen and oxygen atoms in total. The van der Waals surface area contributed by atoms with Crippen LogP contribution < -0.4 is 4.90 Å². The van der Waals surface area contributed by atoms with Gasteiger partial charge in [0, 0.05) is 30.9 Å². The van der Waals surface area contributed by atoms with Crippen molar-refractivity contribution in [2.24, 2.45) is 0 Å². The first-order valence-electron chi connectivity index (χ1n) is 7.01. The van der Waals surface area contributed by atoms with E-state index in [1.165, 1.54) is 12.1 Å². The summed E-state index contributed by atoms with van der Waals surface area (Å²) >= 11 is 0. The Bertz CT molecular complexity index is 588. The van der Waals surface area contributed by atoms with Crippen LogP contribution in [0.5, 0.6) is 0 Å². The van der Waals surface area contributed by atoms with Gasteiger partial charge in [0.15, 0.2) is 0 Å². The summed E-state index contributed by atoms with van der Waals surface area (Å²) < 4.78 is 38.8. The molecule has 0 aliphatic carbocycles. The third-order valence-electron chi connectivity index (χ3n) is 4.37. The molecule has 21 heavy (non-hydrogen) atoms. The number of aryl methyl sites for hydroxylation is 1. The number of halogens is 3. The van der Waals surface area contributed by atoms with Crippen LogP contribution in [-0.2, 0) is 6.18 Å². The highest BCUT2D eigenvalue weighted by Crippen LogP contribution is 2.38. The Kier molecular flexibility index (Phi) is 3.37. The molecule has 1 aromatic carbocycles. The normalized spacial score (nSPS) is 25.4. The first-order valence-corrected chi connectivity index (χ1v) is 7.01. The number of benzene rings is 1. The van der Waals surface area contributed by atoms with Crippen LogP contribution in [-0.4, -0.2) is 36.6 Å². The summed E-state index contributed by atoms with van der Waals surface area (Å²) in [6.45, 7) is 3.92. The van der Waals surface area contributed by atoms with Crippen LogP contribution in [0.4, 0.5) is 18.9 Å². The second-order valence-electron chi connectivity index (χ2n) is 5.88. The summed E-state index contributed by atoms with van der Waals surface area (Å²) in [6.07, 6.45) is 2.03. The van der Waals surface area contributed by atoms with Gasteiger partial charge < -0.3 is 4.90 Å². The summed E-state index contributed by atoms with van der Waals surface area (Å²) in [5.74, 6) is 2.65. The Morgan fingerprint density at radius 1 is 1.24 bits per heavy atom. The molecule has 0 aromatic heterocycles. The lowest BCUT2D eigenvalue weighted by atomic mass is 10.1. The summed E-state index contributed by atoms with van der Waals surface area (Å²) in [6, 6.07) is 4.93. The number of likely N-dealkylation sites (tertiary alicyclic amines) is 1. The van der Waals surface area contributed by atoms with E-state index >= 15 is 0 Å². The van der Waals surface area contributed by atoms with Crippen LogP contribution in [0, 0.1) is 19.3 Å². The SMILES string of the molecule is C#CCN1CC2CC1CN2c1cc(C)cc(C(F)(F)F)c1. The lowest BCUT2D eigenvalue weighted by molar-refractivity contribution is -0.137. The summed E-state index contributed by atoms with van der Waals surface area (Å²) in [4.78, 5) is 4.33. The van der Waals surface area contributed by atoms with Crippen molar-refractivity contribution in [3.05, 3.63) is 29.3 Å². The Morgan fingerprint density at radius 2 is 2.00 bits per heavy atom. The van der Waals surface area contributed by atoms with Gasteiger partial charge in [0.25, 0.3) is 0 Å². The first kappa shape index (κ1) is 14.3. The second-order valence-corrected chi connectivity index (χ2v) is 5.88. The molecule has 5 heteroatoms. The van der Waals surface area contributed by atoms with E-state index in [1.807, 2.05) is 6.07 Å². The maximum Gasteiger partial charge on any atom is 0.416 e. The van der Waals surface area contributed by atoms with Crippen LogP contribution in [0.1, 0.15) is 17.5 Å². The Labute approximate surface area is 122 Å². The lowest BCUT2D eigenvalue weighted by Gasteiger charge is -2.35. The number of fused-ring (bicyclic) bond motifs is 2. The summed E-state index contributed by atoms with van der Waals surface area (Å²) in [5, 5.41) is 0. The van der Waals surface area contributed by atoms with Crippen molar-refractivity contribution in [1.29, 1.82) is 0 Å². The molecule has 0 spiro atoms. The summed E-state index contributed by atoms with van der Waals surface area (Å²) in [7, 11) is 0. The molecule has 0 amide bonds. The first-order chi connectivity index (χ1) is 9.88. The predicted molar refractivity (Wildman–Crippen MR) is 76.1 cm³/mol. The van der Waals surface area contributed by atoms with Crippen molar-refractivity contribution < 1.29 is 13.2 Å². The van der Waals surface area contributed by atoms with Gasteiger partial charge in [-0.05, 0) is 37.1 Å². The molecule has 0 N–H and O–H groups in total. The molecule has 2 aliphatic rings. The van der Waals surface area contributed by atoms with Gasteiger partial charge in [0.05, 0.1) is 12.1 Å². The van der Waals surface area contributed by atoms with Crippen LogP contribution in [0.3, 0.4) is 0 Å². The van der Waals surface area contributed by atoms with Crippen molar-refractivity contribution in [1.82, 2.24) is 4.90 Å². The van der Waals surface area contributed by atoms with E-state index in [4.69, 9.17) is 6.42 Å². The maximum atomic E-state index is 12.9. The van der Waals surface area contributed by atoms with E-state index in [2.05, 4.69) is 15.7 Å². The monoisotopic (exact) mass is 294 g/mol. The smallest absolute Gasteiger partial charge is 0.366 e. The standard InChI is InChI=1S/C16H17F3N2/c1-3-4-20-9-15-8-14(20)10-21(15)13-6-11(2)5-12(7-13)16(17,18)19/h1,5-7,14-15H,4,8-10H2,2H3. The second kappa shape index (κ2) is 4.96. The van der Waals surface area contributed by atoms with Crippen LogP contribution in [0.2, 0.25) is 0 Å². The highest BCUT2D eigenvalue weighted by molar-refractivity contribution is 5.54.